The highest BCUT2D eigenvalue weighted by Crippen LogP contribution is 2.31. The van der Waals surface area contributed by atoms with E-state index in [1.165, 1.54) is 5.56 Å². The van der Waals surface area contributed by atoms with Crippen molar-refractivity contribution in [3.05, 3.63) is 93.5 Å². The normalized spacial score (nSPS) is 15.4. The SMILES string of the molecule is Cc1c(NC(=O)c2ccc(C(C)(C)C)cc2)cccc1-c1cc(Nc2cc([C@H]3CCCN3)[nH]n2)c(=O)n(C)c1. The molecular weight excluding hydrogens is 488 g/mol. The van der Waals surface area contributed by atoms with Crippen molar-refractivity contribution in [1.82, 2.24) is 20.1 Å². The zero-order valence-corrected chi connectivity index (χ0v) is 23.2. The second kappa shape index (κ2) is 10.5. The molecule has 5 rings (SSSR count). The monoisotopic (exact) mass is 524 g/mol. The molecule has 0 unspecified atom stereocenters. The second-order valence-corrected chi connectivity index (χ2v) is 11.3. The average Bonchev–Trinajstić information content (AvgIpc) is 3.60. The summed E-state index contributed by atoms with van der Waals surface area (Å²) in [6.45, 7) is 9.42. The first kappa shape index (κ1) is 26.4. The Balaban J connectivity index is 1.39. The number of carbonyl (C=O) groups is 1. The quantitative estimate of drug-likeness (QED) is 0.255. The van der Waals surface area contributed by atoms with E-state index < -0.39 is 0 Å². The fourth-order valence-corrected chi connectivity index (χ4v) is 5.02. The van der Waals surface area contributed by atoms with Crippen molar-refractivity contribution in [3.8, 4) is 11.1 Å². The number of nitrogens with one attached hydrogen (secondary N) is 4. The number of aromatic nitrogens is 3. The van der Waals surface area contributed by atoms with Crippen LogP contribution < -0.4 is 21.5 Å². The van der Waals surface area contributed by atoms with Gasteiger partial charge >= 0.3 is 0 Å². The molecule has 1 fully saturated rings. The number of aryl methyl sites for hydroxylation is 1. The molecule has 8 heteroatoms. The Bertz CT molecular complexity index is 1550. The van der Waals surface area contributed by atoms with Crippen LogP contribution in [0.1, 0.15) is 66.8 Å². The van der Waals surface area contributed by atoms with Gasteiger partial charge in [0, 0.05) is 42.2 Å². The highest BCUT2D eigenvalue weighted by molar-refractivity contribution is 6.05. The number of carbonyl (C=O) groups excluding carboxylic acids is 1. The van der Waals surface area contributed by atoms with Crippen LogP contribution >= 0.6 is 0 Å². The van der Waals surface area contributed by atoms with Crippen LogP contribution in [0.4, 0.5) is 17.2 Å². The molecule has 2 aromatic carbocycles. The molecule has 0 bridgehead atoms. The molecule has 4 aromatic rings. The zero-order valence-electron chi connectivity index (χ0n) is 23.2. The fourth-order valence-electron chi connectivity index (χ4n) is 5.02. The maximum absolute atomic E-state index is 13.0. The minimum atomic E-state index is -0.162. The molecule has 0 saturated carbocycles. The highest BCUT2D eigenvalue weighted by atomic mass is 16.1. The van der Waals surface area contributed by atoms with E-state index in [2.05, 4.69) is 46.9 Å². The van der Waals surface area contributed by atoms with Crippen molar-refractivity contribution in [3.63, 3.8) is 0 Å². The number of hydrogen-bond donors (Lipinski definition) is 4. The Hall–Kier alpha value is -4.17. The van der Waals surface area contributed by atoms with E-state index in [4.69, 9.17) is 0 Å². The zero-order chi connectivity index (χ0) is 27.7. The highest BCUT2D eigenvalue weighted by Gasteiger charge is 2.19. The van der Waals surface area contributed by atoms with E-state index in [1.54, 1.807) is 11.6 Å². The molecule has 1 aliphatic rings. The predicted octanol–water partition coefficient (Wildman–Crippen LogP) is 5.80. The number of hydrogen-bond acceptors (Lipinski definition) is 5. The third-order valence-corrected chi connectivity index (χ3v) is 7.39. The van der Waals surface area contributed by atoms with E-state index in [9.17, 15) is 9.59 Å². The van der Waals surface area contributed by atoms with Gasteiger partial charge in [-0.15, -0.1) is 0 Å². The summed E-state index contributed by atoms with van der Waals surface area (Å²) < 4.78 is 1.56. The fraction of sp³-hybridized carbons (Fsp3) is 0.323. The van der Waals surface area contributed by atoms with E-state index in [-0.39, 0.29) is 22.9 Å². The van der Waals surface area contributed by atoms with Crippen molar-refractivity contribution in [2.45, 2.75) is 52.0 Å². The summed E-state index contributed by atoms with van der Waals surface area (Å²) in [5.41, 5.74) is 6.51. The summed E-state index contributed by atoms with van der Waals surface area (Å²) in [7, 11) is 1.73. The average molecular weight is 525 g/mol. The van der Waals surface area contributed by atoms with Gasteiger partial charge in [-0.3, -0.25) is 14.7 Å². The number of aromatic amines is 1. The summed E-state index contributed by atoms with van der Waals surface area (Å²) in [4.78, 5) is 26.0. The lowest BCUT2D eigenvalue weighted by atomic mass is 9.86. The predicted molar refractivity (Wildman–Crippen MR) is 157 cm³/mol. The van der Waals surface area contributed by atoms with Gasteiger partial charge in [-0.1, -0.05) is 45.0 Å². The van der Waals surface area contributed by atoms with Gasteiger partial charge in [-0.25, -0.2) is 0 Å². The van der Waals surface area contributed by atoms with Gasteiger partial charge < -0.3 is 20.5 Å². The number of benzene rings is 2. The number of amides is 1. The van der Waals surface area contributed by atoms with Crippen LogP contribution in [-0.4, -0.2) is 27.2 Å². The lowest BCUT2D eigenvalue weighted by Crippen LogP contribution is -2.19. The summed E-state index contributed by atoms with van der Waals surface area (Å²) in [6.07, 6.45) is 4.01. The maximum atomic E-state index is 13.0. The molecule has 8 nitrogen and oxygen atoms in total. The first-order chi connectivity index (χ1) is 18.6. The van der Waals surface area contributed by atoms with E-state index in [0.717, 1.165) is 47.5 Å². The van der Waals surface area contributed by atoms with Crippen LogP contribution in [0, 0.1) is 6.92 Å². The standard InChI is InChI=1S/C31H36N6O2/c1-19-23(8-6-9-24(19)34-29(38)20-11-13-22(14-12-20)31(2,3)4)21-16-27(30(39)37(5)18-21)33-28-17-26(35-36-28)25-10-7-15-32-25/h6,8-9,11-14,16-18,25,32H,7,10,15H2,1-5H3,(H,34,38)(H2,33,35,36)/t25-/m1/s1. The first-order valence-electron chi connectivity index (χ1n) is 13.4. The molecule has 1 saturated heterocycles. The Morgan fingerprint density at radius 2 is 1.85 bits per heavy atom. The van der Waals surface area contributed by atoms with Crippen molar-refractivity contribution in [2.75, 3.05) is 17.2 Å². The van der Waals surface area contributed by atoms with Crippen molar-refractivity contribution in [1.29, 1.82) is 0 Å². The molecule has 1 aliphatic heterocycles. The summed E-state index contributed by atoms with van der Waals surface area (Å²) in [5, 5.41) is 17.2. The van der Waals surface area contributed by atoms with Crippen LogP contribution in [0.15, 0.2) is 65.6 Å². The first-order valence-corrected chi connectivity index (χ1v) is 13.4. The molecule has 4 N–H and O–H groups in total. The summed E-state index contributed by atoms with van der Waals surface area (Å²) in [6, 6.07) is 17.6. The van der Waals surface area contributed by atoms with Gasteiger partial charge in [0.1, 0.15) is 5.69 Å². The topological polar surface area (TPSA) is 104 Å². The molecular formula is C31H36N6O2. The molecule has 3 heterocycles. The van der Waals surface area contributed by atoms with Crippen LogP contribution in [-0.2, 0) is 12.5 Å². The van der Waals surface area contributed by atoms with Gasteiger partial charge in [0.25, 0.3) is 11.5 Å². The number of H-pyrrole nitrogens is 1. The molecule has 0 aliphatic carbocycles. The van der Waals surface area contributed by atoms with Gasteiger partial charge in [0.2, 0.25) is 0 Å². The molecule has 39 heavy (non-hydrogen) atoms. The maximum Gasteiger partial charge on any atom is 0.274 e. The van der Waals surface area contributed by atoms with E-state index >= 15 is 0 Å². The van der Waals surface area contributed by atoms with E-state index in [1.807, 2.05) is 67.7 Å². The molecule has 1 amide bonds. The molecule has 0 radical (unpaired) electrons. The minimum Gasteiger partial charge on any atom is -0.334 e. The van der Waals surface area contributed by atoms with Crippen LogP contribution in [0.5, 0.6) is 0 Å². The third kappa shape index (κ3) is 5.66. The summed E-state index contributed by atoms with van der Waals surface area (Å²) >= 11 is 0. The largest absolute Gasteiger partial charge is 0.334 e. The van der Waals surface area contributed by atoms with Crippen molar-refractivity contribution in [2.24, 2.45) is 7.05 Å². The molecule has 1 atom stereocenters. The van der Waals surface area contributed by atoms with Crippen LogP contribution in [0.2, 0.25) is 0 Å². The third-order valence-electron chi connectivity index (χ3n) is 7.39. The molecule has 2 aromatic heterocycles. The second-order valence-electron chi connectivity index (χ2n) is 11.3. The number of nitrogens with zero attached hydrogens (tertiary/aromatic N) is 2. The Morgan fingerprint density at radius 1 is 1.08 bits per heavy atom. The van der Waals surface area contributed by atoms with Gasteiger partial charge in [-0.2, -0.15) is 5.10 Å². The summed E-state index contributed by atoms with van der Waals surface area (Å²) in [5.74, 6) is 0.438. The lowest BCUT2D eigenvalue weighted by Gasteiger charge is -2.19. The Morgan fingerprint density at radius 3 is 2.54 bits per heavy atom. The van der Waals surface area contributed by atoms with Gasteiger partial charge in [0.15, 0.2) is 5.82 Å². The van der Waals surface area contributed by atoms with Crippen LogP contribution in [0.25, 0.3) is 11.1 Å². The van der Waals surface area contributed by atoms with Crippen molar-refractivity contribution < 1.29 is 4.79 Å². The molecule has 0 spiro atoms. The number of pyridine rings is 1. The number of anilines is 3. The smallest absolute Gasteiger partial charge is 0.274 e. The van der Waals surface area contributed by atoms with Gasteiger partial charge in [0.05, 0.1) is 5.69 Å². The Labute approximate surface area is 228 Å². The minimum absolute atomic E-state index is 0.0238. The van der Waals surface area contributed by atoms with Crippen molar-refractivity contribution >= 4 is 23.1 Å². The van der Waals surface area contributed by atoms with E-state index in [0.29, 0.717) is 17.1 Å². The number of rotatable bonds is 6. The lowest BCUT2D eigenvalue weighted by molar-refractivity contribution is 0.102. The molecule has 202 valence electrons. The Kier molecular flexibility index (Phi) is 7.14. The van der Waals surface area contributed by atoms with Crippen LogP contribution in [0.3, 0.4) is 0 Å². The van der Waals surface area contributed by atoms with Gasteiger partial charge in [-0.05, 0) is 72.7 Å².